The number of para-hydroxylation sites is 1. The second-order valence-corrected chi connectivity index (χ2v) is 3.38. The molecule has 3 heteroatoms. The van der Waals surface area contributed by atoms with Crippen molar-refractivity contribution < 1.29 is 4.79 Å². The van der Waals surface area contributed by atoms with Gasteiger partial charge in [0, 0.05) is 24.1 Å². The summed E-state index contributed by atoms with van der Waals surface area (Å²) in [5.74, 6) is 0. The predicted molar refractivity (Wildman–Crippen MR) is 56.2 cm³/mol. The lowest BCUT2D eigenvalue weighted by atomic mass is 10.2. The number of carbonyl (C=O) groups excluding carboxylic acids is 1. The maximum Gasteiger partial charge on any atom is 0.218 e. The number of rotatable bonds is 1. The topological polar surface area (TPSA) is 22.0 Å². The van der Waals surface area contributed by atoms with Crippen molar-refractivity contribution in [3.8, 4) is 0 Å². The molecule has 66 valence electrons. The van der Waals surface area contributed by atoms with Gasteiger partial charge in [0.05, 0.1) is 5.56 Å². The predicted octanol–water partition coefficient (Wildman–Crippen LogP) is 2.25. The van der Waals surface area contributed by atoms with Crippen molar-refractivity contribution in [2.45, 2.75) is 0 Å². The van der Waals surface area contributed by atoms with E-state index in [1.807, 2.05) is 35.9 Å². The largest absolute Gasteiger partial charge is 0.350 e. The van der Waals surface area contributed by atoms with E-state index in [-0.39, 0.29) is 5.12 Å². The van der Waals surface area contributed by atoms with Gasteiger partial charge in [-0.05, 0) is 6.07 Å². The summed E-state index contributed by atoms with van der Waals surface area (Å²) in [5.41, 5.74) is 1.72. The molecule has 2 aromatic rings. The van der Waals surface area contributed by atoms with Crippen LogP contribution in [0.1, 0.15) is 10.4 Å². The van der Waals surface area contributed by atoms with Crippen molar-refractivity contribution >= 4 is 28.6 Å². The van der Waals surface area contributed by atoms with Crippen molar-refractivity contribution in [1.29, 1.82) is 0 Å². The quantitative estimate of drug-likeness (QED) is 0.686. The van der Waals surface area contributed by atoms with Gasteiger partial charge in [-0.1, -0.05) is 18.2 Å². The number of aromatic nitrogens is 1. The van der Waals surface area contributed by atoms with E-state index in [1.54, 1.807) is 6.20 Å². The van der Waals surface area contributed by atoms with Gasteiger partial charge in [0.15, 0.2) is 0 Å². The Morgan fingerprint density at radius 2 is 2.08 bits per heavy atom. The van der Waals surface area contributed by atoms with Crippen molar-refractivity contribution in [1.82, 2.24) is 4.57 Å². The molecular weight excluding hydrogens is 182 g/mol. The first-order valence-electron chi connectivity index (χ1n) is 3.97. The van der Waals surface area contributed by atoms with Crippen molar-refractivity contribution in [2.75, 3.05) is 0 Å². The molecule has 0 aliphatic carbocycles. The molecule has 0 spiro atoms. The molecule has 0 aliphatic heterocycles. The third kappa shape index (κ3) is 1.25. The zero-order chi connectivity index (χ0) is 9.42. The molecule has 0 N–H and O–H groups in total. The molecule has 0 saturated carbocycles. The van der Waals surface area contributed by atoms with Crippen LogP contribution in [0, 0.1) is 0 Å². The summed E-state index contributed by atoms with van der Waals surface area (Å²) in [6.45, 7) is 0. The number of nitrogens with zero attached hydrogens (tertiary/aromatic N) is 1. The Kier molecular flexibility index (Phi) is 1.88. The Morgan fingerprint density at radius 1 is 1.38 bits per heavy atom. The second kappa shape index (κ2) is 2.92. The number of benzene rings is 1. The highest BCUT2D eigenvalue weighted by Crippen LogP contribution is 2.21. The number of thiol groups is 1. The smallest absolute Gasteiger partial charge is 0.218 e. The fourth-order valence-corrected chi connectivity index (χ4v) is 1.69. The van der Waals surface area contributed by atoms with E-state index in [0.29, 0.717) is 5.56 Å². The fraction of sp³-hybridized carbons (Fsp3) is 0.100. The molecule has 2 nitrogen and oxygen atoms in total. The SMILES string of the molecule is Cn1cc(C(=O)S)c2ccccc21. The molecule has 0 atom stereocenters. The lowest BCUT2D eigenvalue weighted by molar-refractivity contribution is 0.109. The minimum atomic E-state index is -0.184. The molecule has 0 aliphatic rings. The number of carbonyl (C=O) groups is 1. The highest BCUT2D eigenvalue weighted by Gasteiger charge is 2.09. The average molecular weight is 191 g/mol. The third-order valence-electron chi connectivity index (χ3n) is 2.13. The van der Waals surface area contributed by atoms with Crippen LogP contribution in [0.4, 0.5) is 0 Å². The Hall–Kier alpha value is -1.22. The van der Waals surface area contributed by atoms with Gasteiger partial charge in [-0.2, -0.15) is 0 Å². The first kappa shape index (κ1) is 8.38. The second-order valence-electron chi connectivity index (χ2n) is 2.98. The number of hydrogen-bond donors (Lipinski definition) is 1. The van der Waals surface area contributed by atoms with Crippen LogP contribution in [0.3, 0.4) is 0 Å². The molecule has 0 saturated heterocycles. The van der Waals surface area contributed by atoms with Gasteiger partial charge in [0.1, 0.15) is 0 Å². The molecular formula is C10H9NOS. The molecule has 1 aromatic heterocycles. The van der Waals surface area contributed by atoms with E-state index in [9.17, 15) is 4.79 Å². The fourth-order valence-electron chi connectivity index (χ4n) is 1.51. The summed E-state index contributed by atoms with van der Waals surface area (Å²) in [6, 6.07) is 7.78. The van der Waals surface area contributed by atoms with E-state index in [1.165, 1.54) is 0 Å². The van der Waals surface area contributed by atoms with Gasteiger partial charge in [-0.15, -0.1) is 12.6 Å². The molecule has 0 radical (unpaired) electrons. The number of hydrogen-bond acceptors (Lipinski definition) is 1. The zero-order valence-corrected chi connectivity index (χ0v) is 8.08. The Labute approximate surface area is 81.6 Å². The molecule has 1 aromatic carbocycles. The monoisotopic (exact) mass is 191 g/mol. The van der Waals surface area contributed by atoms with Crippen LogP contribution in [0.5, 0.6) is 0 Å². The van der Waals surface area contributed by atoms with Gasteiger partial charge in [-0.3, -0.25) is 4.79 Å². The van der Waals surface area contributed by atoms with E-state index < -0.39 is 0 Å². The molecule has 0 amide bonds. The van der Waals surface area contributed by atoms with Gasteiger partial charge in [0.25, 0.3) is 0 Å². The third-order valence-corrected chi connectivity index (χ3v) is 2.37. The first-order valence-corrected chi connectivity index (χ1v) is 4.42. The maximum absolute atomic E-state index is 11.1. The minimum Gasteiger partial charge on any atom is -0.350 e. The lowest BCUT2D eigenvalue weighted by Crippen LogP contribution is -1.85. The maximum atomic E-state index is 11.1. The van der Waals surface area contributed by atoms with E-state index in [4.69, 9.17) is 0 Å². The van der Waals surface area contributed by atoms with Crippen molar-refractivity contribution in [3.63, 3.8) is 0 Å². The first-order chi connectivity index (χ1) is 6.20. The molecule has 0 unspecified atom stereocenters. The Balaban J connectivity index is 2.85. The molecule has 0 bridgehead atoms. The molecule has 2 rings (SSSR count). The molecule has 1 heterocycles. The van der Waals surface area contributed by atoms with Crippen LogP contribution >= 0.6 is 12.6 Å². The summed E-state index contributed by atoms with van der Waals surface area (Å²) < 4.78 is 1.93. The van der Waals surface area contributed by atoms with Crippen LogP contribution in [-0.2, 0) is 7.05 Å². The molecule has 13 heavy (non-hydrogen) atoms. The highest BCUT2D eigenvalue weighted by molar-refractivity contribution is 7.97. The average Bonchev–Trinajstić information content (AvgIpc) is 2.45. The van der Waals surface area contributed by atoms with Crippen LogP contribution in [0.15, 0.2) is 30.5 Å². The summed E-state index contributed by atoms with van der Waals surface area (Å²) in [5, 5.41) is 0.779. The summed E-state index contributed by atoms with van der Waals surface area (Å²) >= 11 is 3.82. The number of fused-ring (bicyclic) bond motifs is 1. The Morgan fingerprint density at radius 3 is 2.77 bits per heavy atom. The zero-order valence-electron chi connectivity index (χ0n) is 7.19. The van der Waals surface area contributed by atoms with E-state index >= 15 is 0 Å². The van der Waals surface area contributed by atoms with E-state index in [0.717, 1.165) is 10.9 Å². The van der Waals surface area contributed by atoms with Gasteiger partial charge < -0.3 is 4.57 Å². The minimum absolute atomic E-state index is 0.184. The highest BCUT2D eigenvalue weighted by atomic mass is 32.1. The van der Waals surface area contributed by atoms with Gasteiger partial charge >= 0.3 is 0 Å². The lowest BCUT2D eigenvalue weighted by Gasteiger charge is -1.92. The summed E-state index contributed by atoms with van der Waals surface area (Å²) in [6.07, 6.45) is 1.81. The van der Waals surface area contributed by atoms with Crippen LogP contribution < -0.4 is 0 Å². The summed E-state index contributed by atoms with van der Waals surface area (Å²) in [7, 11) is 1.92. The normalized spacial score (nSPS) is 10.6. The Bertz CT molecular complexity index is 473. The standard InChI is InChI=1S/C10H9NOS/c1-11-6-8(10(12)13)7-4-2-3-5-9(7)11/h2-6H,1H3,(H,12,13). The van der Waals surface area contributed by atoms with Crippen LogP contribution in [0.2, 0.25) is 0 Å². The van der Waals surface area contributed by atoms with Gasteiger partial charge in [-0.25, -0.2) is 0 Å². The van der Waals surface area contributed by atoms with Crippen LogP contribution in [-0.4, -0.2) is 9.68 Å². The number of aryl methyl sites for hydroxylation is 1. The van der Waals surface area contributed by atoms with Gasteiger partial charge in [0.2, 0.25) is 5.12 Å². The van der Waals surface area contributed by atoms with Crippen molar-refractivity contribution in [2.24, 2.45) is 7.05 Å². The van der Waals surface area contributed by atoms with Crippen molar-refractivity contribution in [3.05, 3.63) is 36.0 Å². The summed E-state index contributed by atoms with van der Waals surface area (Å²) in [4.78, 5) is 11.1. The van der Waals surface area contributed by atoms with E-state index in [2.05, 4.69) is 12.6 Å². The van der Waals surface area contributed by atoms with Crippen LogP contribution in [0.25, 0.3) is 10.9 Å². The molecule has 0 fully saturated rings.